The molecule has 0 aliphatic rings. The number of aryl methyl sites for hydroxylation is 1. The zero-order valence-electron chi connectivity index (χ0n) is 10.9. The van der Waals surface area contributed by atoms with Crippen LogP contribution in [-0.2, 0) is 13.2 Å². The second-order valence-corrected chi connectivity index (χ2v) is 4.14. The molecular weight excluding hydrogens is 249 g/mol. The molecule has 1 aromatic heterocycles. The Kier molecular flexibility index (Phi) is 4.11. The molecule has 1 N–H and O–H groups in total. The summed E-state index contributed by atoms with van der Waals surface area (Å²) >= 11 is 0. The zero-order valence-corrected chi connectivity index (χ0v) is 10.9. The number of hydrogen-bond acceptors (Lipinski definition) is 4. The van der Waals surface area contributed by atoms with Crippen molar-refractivity contribution in [3.05, 3.63) is 41.7 Å². The van der Waals surface area contributed by atoms with Crippen molar-refractivity contribution >= 4 is 0 Å². The van der Waals surface area contributed by atoms with Crippen LogP contribution in [0.4, 0.5) is 4.39 Å². The monoisotopic (exact) mass is 265 g/mol. The minimum atomic E-state index is -0.723. The third kappa shape index (κ3) is 3.08. The summed E-state index contributed by atoms with van der Waals surface area (Å²) in [6, 6.07) is 4.07. The summed E-state index contributed by atoms with van der Waals surface area (Å²) in [5, 5.41) is 13.6. The second-order valence-electron chi connectivity index (χ2n) is 4.14. The molecule has 6 heteroatoms. The first-order chi connectivity index (χ1) is 9.11. The highest BCUT2D eigenvalue weighted by molar-refractivity contribution is 5.35. The molecule has 102 valence electrons. The Hall–Kier alpha value is -1.95. The number of rotatable bonds is 5. The van der Waals surface area contributed by atoms with Crippen LogP contribution in [0.5, 0.6) is 5.75 Å². The first-order valence-electron chi connectivity index (χ1n) is 6.08. The number of halogens is 1. The molecule has 0 unspecified atom stereocenters. The minimum Gasteiger partial charge on any atom is -0.485 e. The molecule has 0 spiro atoms. The van der Waals surface area contributed by atoms with E-state index in [0.29, 0.717) is 23.7 Å². The van der Waals surface area contributed by atoms with E-state index in [1.165, 1.54) is 24.5 Å². The van der Waals surface area contributed by atoms with Crippen molar-refractivity contribution < 1.29 is 14.2 Å². The fraction of sp³-hybridized carbons (Fsp3) is 0.385. The first kappa shape index (κ1) is 13.5. The van der Waals surface area contributed by atoms with E-state index in [1.54, 1.807) is 11.6 Å². The average molecular weight is 265 g/mol. The van der Waals surface area contributed by atoms with Gasteiger partial charge in [-0.05, 0) is 26.0 Å². The van der Waals surface area contributed by atoms with Gasteiger partial charge in [0.2, 0.25) is 0 Å². The third-order valence-corrected chi connectivity index (χ3v) is 2.78. The highest BCUT2D eigenvalue weighted by atomic mass is 19.1. The molecule has 1 atom stereocenters. The summed E-state index contributed by atoms with van der Waals surface area (Å²) in [6.45, 7) is 4.42. The van der Waals surface area contributed by atoms with Crippen LogP contribution in [0.15, 0.2) is 24.5 Å². The van der Waals surface area contributed by atoms with E-state index in [-0.39, 0.29) is 6.61 Å². The van der Waals surface area contributed by atoms with Crippen LogP contribution >= 0.6 is 0 Å². The molecule has 19 heavy (non-hydrogen) atoms. The molecule has 1 aromatic carbocycles. The number of aliphatic hydroxyl groups is 1. The molecule has 0 aliphatic carbocycles. The Labute approximate surface area is 110 Å². The normalized spacial score (nSPS) is 12.4. The average Bonchev–Trinajstić information content (AvgIpc) is 2.83. The van der Waals surface area contributed by atoms with Gasteiger partial charge in [0.15, 0.2) is 5.82 Å². The van der Waals surface area contributed by atoms with Crippen molar-refractivity contribution in [3.63, 3.8) is 0 Å². The zero-order chi connectivity index (χ0) is 13.8. The Balaban J connectivity index is 2.17. The summed E-state index contributed by atoms with van der Waals surface area (Å²) in [7, 11) is 0. The second kappa shape index (κ2) is 5.79. The highest BCUT2D eigenvalue weighted by Gasteiger charge is 2.12. The maximum atomic E-state index is 13.2. The van der Waals surface area contributed by atoms with Crippen LogP contribution in [0.2, 0.25) is 0 Å². The molecule has 0 radical (unpaired) electrons. The van der Waals surface area contributed by atoms with Crippen LogP contribution in [0, 0.1) is 5.82 Å². The number of aromatic nitrogens is 3. The molecule has 0 fully saturated rings. The fourth-order valence-electron chi connectivity index (χ4n) is 1.78. The van der Waals surface area contributed by atoms with E-state index in [0.717, 1.165) is 0 Å². The summed E-state index contributed by atoms with van der Waals surface area (Å²) in [4.78, 5) is 4.07. The van der Waals surface area contributed by atoms with Crippen LogP contribution in [-0.4, -0.2) is 19.9 Å². The lowest BCUT2D eigenvalue weighted by Crippen LogP contribution is -2.08. The van der Waals surface area contributed by atoms with Gasteiger partial charge in [0.1, 0.15) is 24.5 Å². The molecule has 0 aliphatic heterocycles. The standard InChI is InChI=1S/C13H16FN3O2/c1-3-17-13(15-8-16-17)7-19-12-6-10(14)4-5-11(12)9(2)18/h4-6,8-9,18H,3,7H2,1-2H3/t9-/m0/s1. The lowest BCUT2D eigenvalue weighted by Gasteiger charge is -2.13. The Morgan fingerprint density at radius 2 is 2.26 bits per heavy atom. The molecule has 0 bridgehead atoms. The number of nitrogens with zero attached hydrogens (tertiary/aromatic N) is 3. The number of benzene rings is 1. The van der Waals surface area contributed by atoms with Crippen LogP contribution < -0.4 is 4.74 Å². The van der Waals surface area contributed by atoms with Gasteiger partial charge in [0.05, 0.1) is 6.10 Å². The lowest BCUT2D eigenvalue weighted by atomic mass is 10.1. The van der Waals surface area contributed by atoms with E-state index in [4.69, 9.17) is 4.74 Å². The minimum absolute atomic E-state index is 0.178. The molecule has 0 saturated carbocycles. The number of hydrogen-bond donors (Lipinski definition) is 1. The number of aliphatic hydroxyl groups excluding tert-OH is 1. The molecule has 2 rings (SSSR count). The lowest BCUT2D eigenvalue weighted by molar-refractivity contribution is 0.188. The van der Waals surface area contributed by atoms with Crippen molar-refractivity contribution in [3.8, 4) is 5.75 Å². The van der Waals surface area contributed by atoms with Crippen LogP contribution in [0.3, 0.4) is 0 Å². The van der Waals surface area contributed by atoms with E-state index < -0.39 is 11.9 Å². The predicted octanol–water partition coefficient (Wildman–Crippen LogP) is 2.07. The van der Waals surface area contributed by atoms with Gasteiger partial charge < -0.3 is 9.84 Å². The van der Waals surface area contributed by atoms with Gasteiger partial charge in [-0.15, -0.1) is 0 Å². The summed E-state index contributed by atoms with van der Waals surface area (Å²) in [5.41, 5.74) is 0.545. The molecule has 0 amide bonds. The fourth-order valence-corrected chi connectivity index (χ4v) is 1.78. The SMILES string of the molecule is CCn1ncnc1COc1cc(F)ccc1[C@H](C)O. The summed E-state index contributed by atoms with van der Waals surface area (Å²) in [5.74, 6) is 0.570. The molecular formula is C13H16FN3O2. The van der Waals surface area contributed by atoms with Gasteiger partial charge in [-0.2, -0.15) is 5.10 Å². The molecule has 2 aromatic rings. The largest absolute Gasteiger partial charge is 0.485 e. The topological polar surface area (TPSA) is 60.2 Å². The molecule has 0 saturated heterocycles. The van der Waals surface area contributed by atoms with Crippen molar-refractivity contribution in [2.75, 3.05) is 0 Å². The summed E-state index contributed by atoms with van der Waals surface area (Å²) in [6.07, 6.45) is 0.725. The van der Waals surface area contributed by atoms with E-state index in [2.05, 4.69) is 10.1 Å². The quantitative estimate of drug-likeness (QED) is 0.899. The Bertz CT molecular complexity index is 555. The van der Waals surface area contributed by atoms with Gasteiger partial charge in [-0.25, -0.2) is 14.1 Å². The first-order valence-corrected chi connectivity index (χ1v) is 6.08. The number of ether oxygens (including phenoxy) is 1. The van der Waals surface area contributed by atoms with Crippen LogP contribution in [0.25, 0.3) is 0 Å². The van der Waals surface area contributed by atoms with Gasteiger partial charge in [-0.1, -0.05) is 0 Å². The van der Waals surface area contributed by atoms with E-state index in [1.807, 2.05) is 6.92 Å². The van der Waals surface area contributed by atoms with Crippen molar-refractivity contribution in [2.45, 2.75) is 33.1 Å². The van der Waals surface area contributed by atoms with Crippen LogP contribution in [0.1, 0.15) is 31.3 Å². The Morgan fingerprint density at radius 1 is 1.47 bits per heavy atom. The maximum Gasteiger partial charge on any atom is 0.164 e. The van der Waals surface area contributed by atoms with Gasteiger partial charge in [0, 0.05) is 18.2 Å². The van der Waals surface area contributed by atoms with Crippen molar-refractivity contribution in [1.29, 1.82) is 0 Å². The summed E-state index contributed by atoms with van der Waals surface area (Å²) < 4.78 is 20.5. The van der Waals surface area contributed by atoms with Crippen molar-refractivity contribution in [1.82, 2.24) is 14.8 Å². The smallest absolute Gasteiger partial charge is 0.164 e. The van der Waals surface area contributed by atoms with E-state index >= 15 is 0 Å². The van der Waals surface area contributed by atoms with E-state index in [9.17, 15) is 9.50 Å². The van der Waals surface area contributed by atoms with Gasteiger partial charge in [-0.3, -0.25) is 0 Å². The third-order valence-electron chi connectivity index (χ3n) is 2.78. The predicted molar refractivity (Wildman–Crippen MR) is 67.1 cm³/mol. The maximum absolute atomic E-state index is 13.2. The van der Waals surface area contributed by atoms with Gasteiger partial charge in [0.25, 0.3) is 0 Å². The van der Waals surface area contributed by atoms with Crippen molar-refractivity contribution in [2.24, 2.45) is 0 Å². The highest BCUT2D eigenvalue weighted by Crippen LogP contribution is 2.26. The molecule has 1 heterocycles. The molecule has 5 nitrogen and oxygen atoms in total. The Morgan fingerprint density at radius 3 is 2.95 bits per heavy atom. The van der Waals surface area contributed by atoms with Gasteiger partial charge >= 0.3 is 0 Å².